The van der Waals surface area contributed by atoms with Crippen LogP contribution in [-0.2, 0) is 33.2 Å². The van der Waals surface area contributed by atoms with Gasteiger partial charge in [0.2, 0.25) is 10.0 Å². The lowest BCUT2D eigenvalue weighted by atomic mass is 9.95. The lowest BCUT2D eigenvalue weighted by Gasteiger charge is -2.23. The van der Waals surface area contributed by atoms with Crippen molar-refractivity contribution in [3.63, 3.8) is 0 Å². The van der Waals surface area contributed by atoms with E-state index in [1.54, 1.807) is 6.92 Å². The van der Waals surface area contributed by atoms with Gasteiger partial charge in [0.15, 0.2) is 5.78 Å². The number of likely N-dealkylation sites (N-methyl/N-ethyl adjacent to an activating group) is 2. The molecule has 5 rings (SSSR count). The maximum absolute atomic E-state index is 13.3. The van der Waals surface area contributed by atoms with Crippen LogP contribution < -0.4 is 9.80 Å². The van der Waals surface area contributed by atoms with E-state index >= 15 is 0 Å². The molecule has 5 aromatic rings. The van der Waals surface area contributed by atoms with Crippen molar-refractivity contribution >= 4 is 89.1 Å². The fourth-order valence-corrected chi connectivity index (χ4v) is 9.45. The molecule has 416 valence electrons. The van der Waals surface area contributed by atoms with E-state index in [0.717, 1.165) is 81.4 Å². The zero-order valence-electron chi connectivity index (χ0n) is 45.5. The average Bonchev–Trinajstić information content (AvgIpc) is 3.98. The fourth-order valence-electron chi connectivity index (χ4n) is 7.67. The van der Waals surface area contributed by atoms with Crippen molar-refractivity contribution < 1.29 is 57.4 Å². The monoisotopic (exact) mass is 1120 g/mol. The maximum atomic E-state index is 13.3. The Balaban J connectivity index is 1.01. The third-order valence-corrected chi connectivity index (χ3v) is 14.5. The number of carbonyl (C=O) groups is 4. The SMILES string of the molecule is [C-]#[N+]c1sc(N=Nc2ccc(N(CC)CCOCCOCCOC(=O)c3cc(C(=O)CO)c(C(=O)OCCOCCOCCN(CC)c4ccc(N=Nc5sc([N+]#[C-])c(C)c5C#N)c(C)c4)cc3C(=O)OC)cc2C)c(C)c1C. The molecule has 0 aliphatic heterocycles. The number of anilines is 2. The van der Waals surface area contributed by atoms with Gasteiger partial charge in [0.1, 0.15) is 35.9 Å². The second-order valence-corrected chi connectivity index (χ2v) is 19.2. The first-order valence-corrected chi connectivity index (χ1v) is 26.8. The van der Waals surface area contributed by atoms with Gasteiger partial charge in [-0.25, -0.2) is 24.1 Å². The van der Waals surface area contributed by atoms with Gasteiger partial charge >= 0.3 is 17.9 Å². The third-order valence-electron chi connectivity index (χ3n) is 12.3. The number of aliphatic hydroxyl groups is 1. The van der Waals surface area contributed by atoms with Crippen LogP contribution in [0.1, 0.15) is 88.7 Å². The lowest BCUT2D eigenvalue weighted by Crippen LogP contribution is -2.27. The highest BCUT2D eigenvalue weighted by atomic mass is 32.1. The van der Waals surface area contributed by atoms with E-state index in [-0.39, 0.29) is 75.1 Å². The minimum atomic E-state index is -1.01. The van der Waals surface area contributed by atoms with Gasteiger partial charge in [0, 0.05) is 43.1 Å². The van der Waals surface area contributed by atoms with Crippen LogP contribution in [-0.4, -0.2) is 135 Å². The second-order valence-electron chi connectivity index (χ2n) is 17.2. The predicted molar refractivity (Wildman–Crippen MR) is 300 cm³/mol. The van der Waals surface area contributed by atoms with Crippen molar-refractivity contribution in [2.24, 2.45) is 20.5 Å². The highest BCUT2D eigenvalue weighted by Gasteiger charge is 2.28. The Bertz CT molecular complexity index is 3150. The number of ether oxygens (including phenoxy) is 7. The number of azo groups is 2. The van der Waals surface area contributed by atoms with Crippen LogP contribution >= 0.6 is 22.7 Å². The average molecular weight is 1120 g/mol. The topological polar surface area (TPSA) is 242 Å². The van der Waals surface area contributed by atoms with Gasteiger partial charge in [0.25, 0.3) is 0 Å². The molecule has 0 saturated carbocycles. The van der Waals surface area contributed by atoms with Crippen LogP contribution in [0.2, 0.25) is 0 Å². The minimum absolute atomic E-state index is 0.0131. The van der Waals surface area contributed by atoms with E-state index in [1.165, 1.54) is 11.3 Å². The number of carbonyl (C=O) groups excluding carboxylic acids is 4. The van der Waals surface area contributed by atoms with E-state index in [2.05, 4.69) is 46.0 Å². The second kappa shape index (κ2) is 31.6. The lowest BCUT2D eigenvalue weighted by molar-refractivity contribution is 0.0147. The highest BCUT2D eigenvalue weighted by molar-refractivity contribution is 7.20. The number of ketones is 1. The van der Waals surface area contributed by atoms with Crippen molar-refractivity contribution in [3.8, 4) is 6.07 Å². The summed E-state index contributed by atoms with van der Waals surface area (Å²) < 4.78 is 38.3. The number of nitrogens with zero attached hydrogens (tertiary/aromatic N) is 9. The molecule has 3 aromatic carbocycles. The Hall–Kier alpha value is -7.79. The highest BCUT2D eigenvalue weighted by Crippen LogP contribution is 2.43. The van der Waals surface area contributed by atoms with E-state index in [4.69, 9.17) is 46.3 Å². The summed E-state index contributed by atoms with van der Waals surface area (Å²) in [4.78, 5) is 63.6. The zero-order valence-corrected chi connectivity index (χ0v) is 47.1. The van der Waals surface area contributed by atoms with E-state index < -0.39 is 30.3 Å². The molecule has 0 radical (unpaired) electrons. The van der Waals surface area contributed by atoms with Crippen molar-refractivity contribution in [1.82, 2.24) is 0 Å². The Morgan fingerprint density at radius 3 is 1.46 bits per heavy atom. The summed E-state index contributed by atoms with van der Waals surface area (Å²) in [6, 6.07) is 15.8. The number of aryl methyl sites for hydroxylation is 2. The van der Waals surface area contributed by atoms with Gasteiger partial charge in [-0.1, -0.05) is 0 Å². The normalized spacial score (nSPS) is 11.1. The molecule has 0 atom stereocenters. The summed E-state index contributed by atoms with van der Waals surface area (Å²) >= 11 is 2.47. The molecule has 79 heavy (non-hydrogen) atoms. The number of aliphatic hydroxyl groups excluding tert-OH is 1. The number of benzene rings is 3. The smallest absolute Gasteiger partial charge is 0.339 e. The molecule has 0 aliphatic carbocycles. The largest absolute Gasteiger partial charge is 0.465 e. The van der Waals surface area contributed by atoms with Gasteiger partial charge in [-0.05, 0) is 125 Å². The Kier molecular flexibility index (Phi) is 24.8. The Labute approximate surface area is 467 Å². The molecule has 23 heteroatoms. The number of rotatable bonds is 31. The van der Waals surface area contributed by atoms with Gasteiger partial charge in [-0.3, -0.25) is 4.79 Å². The van der Waals surface area contributed by atoms with E-state index in [9.17, 15) is 29.5 Å². The van der Waals surface area contributed by atoms with Crippen molar-refractivity contribution in [3.05, 3.63) is 127 Å². The summed E-state index contributed by atoms with van der Waals surface area (Å²) in [6.07, 6.45) is 0. The summed E-state index contributed by atoms with van der Waals surface area (Å²) in [5.41, 5.74) is 6.54. The molecule has 0 unspecified atom stereocenters. The number of Topliss-reactive ketones (excluding diaryl/α,β-unsaturated/α-hetero) is 1. The number of esters is 3. The van der Waals surface area contributed by atoms with Crippen LogP contribution in [0.4, 0.5) is 42.8 Å². The van der Waals surface area contributed by atoms with Gasteiger partial charge in [-0.15, -0.1) is 43.1 Å². The Morgan fingerprint density at radius 2 is 1.01 bits per heavy atom. The van der Waals surface area contributed by atoms with Gasteiger partial charge in [-0.2, -0.15) is 5.26 Å². The van der Waals surface area contributed by atoms with Gasteiger partial charge < -0.3 is 48.1 Å². The van der Waals surface area contributed by atoms with Crippen molar-refractivity contribution in [1.29, 1.82) is 5.26 Å². The molecular weight excluding hydrogens is 1050 g/mol. The first-order valence-electron chi connectivity index (χ1n) is 25.1. The summed E-state index contributed by atoms with van der Waals surface area (Å²) in [5, 5.41) is 38.9. The predicted octanol–water partition coefficient (Wildman–Crippen LogP) is 11.6. The van der Waals surface area contributed by atoms with Gasteiger partial charge in [0.05, 0.1) is 107 Å². The summed E-state index contributed by atoms with van der Waals surface area (Å²) in [5.74, 6) is -3.90. The van der Waals surface area contributed by atoms with Crippen molar-refractivity contribution in [2.45, 2.75) is 48.5 Å². The molecule has 0 bridgehead atoms. The van der Waals surface area contributed by atoms with Crippen molar-refractivity contribution in [2.75, 3.05) is 116 Å². The molecule has 0 fully saturated rings. The first kappa shape index (κ1) is 62.1. The third kappa shape index (κ3) is 17.1. The van der Waals surface area contributed by atoms with Crippen LogP contribution in [0.5, 0.6) is 0 Å². The number of hydrogen-bond donors (Lipinski definition) is 1. The molecule has 1 N–H and O–H groups in total. The molecule has 21 nitrogen and oxygen atoms in total. The summed E-state index contributed by atoms with van der Waals surface area (Å²) in [7, 11) is 1.08. The fraction of sp³-hybridized carbons (Fsp3) is 0.411. The zero-order chi connectivity index (χ0) is 57.4. The van der Waals surface area contributed by atoms with Crippen LogP contribution in [0, 0.1) is 59.1 Å². The molecule has 0 amide bonds. The minimum Gasteiger partial charge on any atom is -0.465 e. The van der Waals surface area contributed by atoms with E-state index in [0.29, 0.717) is 64.7 Å². The van der Waals surface area contributed by atoms with Crippen LogP contribution in [0.3, 0.4) is 0 Å². The first-order chi connectivity index (χ1) is 38.1. The van der Waals surface area contributed by atoms with Crippen LogP contribution in [0.25, 0.3) is 9.69 Å². The standard InChI is InChI=1S/C56H63N9O12S2/c1-11-64(40-13-15-47(35(3)29-40)60-62-52-38(6)37(5)50(58-8)78-52)17-19-73-22-24-75-26-28-77-56(70)45-31-42(49(67)34-66)43(32-44(45)54(68)71-10)55(69)76-27-25-74-23-21-72-20-18-65(12-2)41-14-16-48(36(4)30-41)61-63-53-46(33-57)39(7)51(59-9)79-53/h13-16,29-32,66H,11-12,17-28,34H2,1-7,10H3. The molecule has 0 saturated heterocycles. The Morgan fingerprint density at radius 1 is 0.582 bits per heavy atom. The van der Waals surface area contributed by atoms with Crippen LogP contribution in [0.15, 0.2) is 69.0 Å². The number of nitriles is 1. The molecule has 0 spiro atoms. The maximum Gasteiger partial charge on any atom is 0.339 e. The number of thiophene rings is 2. The quantitative estimate of drug-likeness (QED) is 0.0108. The molecule has 2 aromatic heterocycles. The molecule has 2 heterocycles. The number of hydrogen-bond acceptors (Lipinski definition) is 21. The van der Waals surface area contributed by atoms with E-state index in [1.807, 2.05) is 77.9 Å². The number of methoxy groups -OCH3 is 1. The molecule has 0 aliphatic rings. The molecular formula is C56H63N9O12S2. The summed E-state index contributed by atoms with van der Waals surface area (Å²) in [6.45, 7) is 31.1.